The van der Waals surface area contributed by atoms with Crippen molar-refractivity contribution in [2.24, 2.45) is 0 Å². The number of hydrogen-bond acceptors (Lipinski definition) is 13. The van der Waals surface area contributed by atoms with Crippen LogP contribution in [0.25, 0.3) is 22.3 Å². The maximum absolute atomic E-state index is 12.9. The van der Waals surface area contributed by atoms with E-state index in [-0.39, 0.29) is 6.04 Å². The van der Waals surface area contributed by atoms with Crippen molar-refractivity contribution in [1.29, 1.82) is 0 Å². The minimum Gasteiger partial charge on any atom is -0.338 e. The predicted octanol–water partition coefficient (Wildman–Crippen LogP) is 9.90. The van der Waals surface area contributed by atoms with Gasteiger partial charge in [-0.1, -0.05) is 29.3 Å². The van der Waals surface area contributed by atoms with E-state index in [0.29, 0.717) is 74.7 Å². The van der Waals surface area contributed by atoms with Crippen molar-refractivity contribution in [2.75, 3.05) is 31.7 Å². The fourth-order valence-corrected chi connectivity index (χ4v) is 9.33. The molecular formula is C38H51ClIN9O6P2. The summed E-state index contributed by atoms with van der Waals surface area (Å²) < 4.78 is 51.0. The Morgan fingerprint density at radius 1 is 0.667 bits per heavy atom. The molecule has 6 rings (SSSR count). The summed E-state index contributed by atoms with van der Waals surface area (Å²) in [7, 11) is -6.39. The molecule has 0 bridgehead atoms. The smallest absolute Gasteiger partial charge is 0.338 e. The number of nitrogens with one attached hydrogen (secondary N) is 1. The van der Waals surface area contributed by atoms with E-state index < -0.39 is 15.2 Å². The predicted molar refractivity (Wildman–Crippen MR) is 236 cm³/mol. The molecule has 4 heterocycles. The second kappa shape index (κ2) is 21.1. The van der Waals surface area contributed by atoms with Crippen LogP contribution in [0.1, 0.15) is 78.9 Å². The van der Waals surface area contributed by atoms with Crippen LogP contribution in [-0.4, -0.2) is 65.5 Å². The topological polar surface area (TPSA) is 170 Å². The molecule has 15 nitrogen and oxygen atoms in total. The lowest BCUT2D eigenvalue weighted by Crippen LogP contribution is -2.10. The molecule has 2 aromatic carbocycles. The summed E-state index contributed by atoms with van der Waals surface area (Å²) in [6.07, 6.45) is 3.52. The Bertz CT molecular complexity index is 2300. The first kappa shape index (κ1) is 46.4. The van der Waals surface area contributed by atoms with Gasteiger partial charge in [0.15, 0.2) is 31.6 Å². The van der Waals surface area contributed by atoms with Crippen molar-refractivity contribution in [3.8, 4) is 0 Å². The standard InChI is InChI=1S/C19H26N5O3P.C11H17O3P.C8H8ClIN4/c1-6-26-28(25,27-7-2)16-10-8-15(9-11-16)23-18-17-19(22-14(5)21-18)24(12-20-17)13(3)4;1-4-13-15(12,14-5-2)11-8-6-10(3)7-9-11;1-4(2)14-3-11-5-6(9)12-8(10)13-7(5)14/h8-13H,6-7H2,1-5H3,(H,21,22,23);6-9H,4-5H2,1-3H3;3-4H,1-2H3. The molecule has 0 radical (unpaired) electrons. The first-order chi connectivity index (χ1) is 27.1. The Balaban J connectivity index is 0.000000209. The molecule has 308 valence electrons. The number of anilines is 2. The van der Waals surface area contributed by atoms with Crippen LogP contribution in [0.5, 0.6) is 0 Å². The lowest BCUT2D eigenvalue weighted by molar-refractivity contribution is 0.229. The van der Waals surface area contributed by atoms with Gasteiger partial charge in [0.2, 0.25) is 0 Å². The zero-order valence-corrected chi connectivity index (χ0v) is 38.6. The molecule has 0 amide bonds. The van der Waals surface area contributed by atoms with Crippen LogP contribution < -0.4 is 15.9 Å². The van der Waals surface area contributed by atoms with Crippen LogP contribution in [0.15, 0.2) is 61.2 Å². The summed E-state index contributed by atoms with van der Waals surface area (Å²) >= 11 is 7.99. The fraction of sp³-hybridized carbons (Fsp3) is 0.421. The second-order valence-electron chi connectivity index (χ2n) is 12.9. The van der Waals surface area contributed by atoms with Crippen LogP contribution >= 0.6 is 49.4 Å². The van der Waals surface area contributed by atoms with Gasteiger partial charge in [-0.3, -0.25) is 9.13 Å². The molecule has 0 aliphatic heterocycles. The molecule has 0 fully saturated rings. The van der Waals surface area contributed by atoms with Crippen LogP contribution in [0.4, 0.5) is 11.5 Å². The monoisotopic (exact) mass is 953 g/mol. The Hall–Kier alpha value is -3.34. The van der Waals surface area contributed by atoms with Gasteiger partial charge in [-0.05, 0) is 106 Å². The third-order valence-corrected chi connectivity index (χ3v) is 13.0. The van der Waals surface area contributed by atoms with Gasteiger partial charge in [-0.15, -0.1) is 0 Å². The van der Waals surface area contributed by atoms with Crippen molar-refractivity contribution in [3.05, 3.63) is 81.6 Å². The number of hydrogen-bond donors (Lipinski definition) is 1. The van der Waals surface area contributed by atoms with Gasteiger partial charge in [0, 0.05) is 40.4 Å². The number of imidazole rings is 2. The maximum Gasteiger partial charge on any atom is 0.361 e. The highest BCUT2D eigenvalue weighted by molar-refractivity contribution is 14.1. The molecule has 0 saturated carbocycles. The zero-order valence-electron chi connectivity index (χ0n) is 33.9. The summed E-state index contributed by atoms with van der Waals surface area (Å²) in [4.78, 5) is 26.0. The van der Waals surface area contributed by atoms with Crippen LogP contribution in [0.2, 0.25) is 5.15 Å². The van der Waals surface area contributed by atoms with Crippen molar-refractivity contribution in [3.63, 3.8) is 0 Å². The maximum atomic E-state index is 12.9. The zero-order chi connectivity index (χ0) is 41.9. The highest BCUT2D eigenvalue weighted by Gasteiger charge is 2.27. The molecular weight excluding hydrogens is 903 g/mol. The summed E-state index contributed by atoms with van der Waals surface area (Å²) in [6, 6.07) is 15.1. The van der Waals surface area contributed by atoms with Crippen molar-refractivity contribution in [2.45, 2.75) is 81.3 Å². The molecule has 0 spiro atoms. The second-order valence-corrected chi connectivity index (χ2v) is 18.3. The molecule has 57 heavy (non-hydrogen) atoms. The van der Waals surface area contributed by atoms with E-state index in [1.165, 1.54) is 0 Å². The number of nitrogens with zero attached hydrogens (tertiary/aromatic N) is 8. The number of fused-ring (bicyclic) bond motifs is 2. The van der Waals surface area contributed by atoms with Crippen molar-refractivity contribution >= 4 is 93.8 Å². The highest BCUT2D eigenvalue weighted by Crippen LogP contribution is 2.47. The number of aromatic nitrogens is 8. The SMILES string of the molecule is CC(C)n1cnc2c(Cl)nc(I)nc21.CCOP(=O)(OCC)c1ccc(C)cc1.CCOP(=O)(OCC)c1ccc(Nc2nc(C)nc3c2ncn3C(C)C)cc1. The molecule has 0 unspecified atom stereocenters. The van der Waals surface area contributed by atoms with E-state index in [1.807, 2.05) is 69.8 Å². The number of halogens is 2. The molecule has 0 aliphatic rings. The minimum absolute atomic E-state index is 0.248. The molecule has 0 saturated heterocycles. The molecule has 1 N–H and O–H groups in total. The highest BCUT2D eigenvalue weighted by atomic mass is 127. The van der Waals surface area contributed by atoms with Crippen molar-refractivity contribution < 1.29 is 27.2 Å². The van der Waals surface area contributed by atoms with Gasteiger partial charge < -0.3 is 32.5 Å². The van der Waals surface area contributed by atoms with Crippen LogP contribution in [-0.2, 0) is 27.2 Å². The summed E-state index contributed by atoms with van der Waals surface area (Å²) in [5, 5.41) is 4.84. The van der Waals surface area contributed by atoms with Gasteiger partial charge in [-0.2, -0.15) is 0 Å². The van der Waals surface area contributed by atoms with E-state index in [1.54, 1.807) is 64.6 Å². The third-order valence-electron chi connectivity index (χ3n) is 7.99. The number of aryl methyl sites for hydroxylation is 2. The van der Waals surface area contributed by atoms with E-state index in [2.05, 4.69) is 62.9 Å². The third kappa shape index (κ3) is 11.9. The number of benzene rings is 2. The first-order valence-electron chi connectivity index (χ1n) is 18.6. The lowest BCUT2D eigenvalue weighted by Gasteiger charge is -2.17. The normalized spacial score (nSPS) is 11.8. The first-order valence-corrected chi connectivity index (χ1v) is 23.1. The molecule has 4 aromatic heterocycles. The van der Waals surface area contributed by atoms with Gasteiger partial charge in [-0.25, -0.2) is 29.9 Å². The van der Waals surface area contributed by atoms with Crippen LogP contribution in [0.3, 0.4) is 0 Å². The largest absolute Gasteiger partial charge is 0.361 e. The molecule has 0 aliphatic carbocycles. The van der Waals surface area contributed by atoms with Gasteiger partial charge in [0.25, 0.3) is 0 Å². The molecule has 19 heteroatoms. The Morgan fingerprint density at radius 3 is 1.56 bits per heavy atom. The van der Waals surface area contributed by atoms with Gasteiger partial charge in [0.1, 0.15) is 11.3 Å². The van der Waals surface area contributed by atoms with E-state index in [9.17, 15) is 9.13 Å². The number of rotatable bonds is 14. The van der Waals surface area contributed by atoms with Gasteiger partial charge >= 0.3 is 15.2 Å². The van der Waals surface area contributed by atoms with E-state index in [4.69, 9.17) is 29.7 Å². The molecule has 0 atom stereocenters. The lowest BCUT2D eigenvalue weighted by atomic mass is 10.2. The fourth-order valence-electron chi connectivity index (χ4n) is 5.37. The average Bonchev–Trinajstić information content (AvgIpc) is 3.79. The summed E-state index contributed by atoms with van der Waals surface area (Å²) in [6.45, 7) is 20.7. The summed E-state index contributed by atoms with van der Waals surface area (Å²) in [5.41, 5.74) is 4.88. The summed E-state index contributed by atoms with van der Waals surface area (Å²) in [5.74, 6) is 1.29. The minimum atomic E-state index is -3.30. The van der Waals surface area contributed by atoms with E-state index >= 15 is 0 Å². The van der Waals surface area contributed by atoms with Gasteiger partial charge in [0.05, 0.1) is 49.7 Å². The average molecular weight is 954 g/mol. The van der Waals surface area contributed by atoms with Crippen LogP contribution in [0, 0.1) is 17.7 Å². The Morgan fingerprint density at radius 2 is 1.11 bits per heavy atom. The van der Waals surface area contributed by atoms with Crippen molar-refractivity contribution in [1.82, 2.24) is 39.0 Å². The Labute approximate surface area is 352 Å². The molecule has 6 aromatic rings. The quantitative estimate of drug-likeness (QED) is 0.0474. The van der Waals surface area contributed by atoms with E-state index in [0.717, 1.165) is 22.5 Å². The Kier molecular flexibility index (Phi) is 17.1.